The fraction of sp³-hybridized carbons (Fsp3) is 0.167. The van der Waals surface area contributed by atoms with E-state index < -0.39 is 23.8 Å². The Labute approximate surface area is 200 Å². The number of carbonyl (C=O) groups excluding carboxylic acids is 2. The van der Waals surface area contributed by atoms with Crippen LogP contribution in [-0.4, -0.2) is 37.2 Å². The zero-order valence-electron chi connectivity index (χ0n) is 18.5. The molecule has 3 rings (SSSR count). The summed E-state index contributed by atoms with van der Waals surface area (Å²) in [7, 11) is 2.22. The number of rotatable bonds is 5. The van der Waals surface area contributed by atoms with Gasteiger partial charge in [-0.25, -0.2) is 14.4 Å². The average molecular weight is 482 g/mol. The zero-order chi connectivity index (χ0) is 25.2. The number of benzene rings is 2. The van der Waals surface area contributed by atoms with E-state index in [9.17, 15) is 24.8 Å². The van der Waals surface area contributed by atoms with E-state index in [4.69, 9.17) is 26.8 Å². The van der Waals surface area contributed by atoms with Crippen molar-refractivity contribution in [3.63, 3.8) is 0 Å². The topological polar surface area (TPSA) is 143 Å². The number of allylic oxidation sites excluding steroid dienone is 1. The van der Waals surface area contributed by atoms with E-state index in [-0.39, 0.29) is 44.5 Å². The molecule has 0 radical (unpaired) electrons. The second-order valence-electron chi connectivity index (χ2n) is 7.21. The van der Waals surface area contributed by atoms with Crippen molar-refractivity contribution in [3.05, 3.63) is 86.8 Å². The molecular weight excluding hydrogens is 462 g/mol. The third kappa shape index (κ3) is 3.95. The van der Waals surface area contributed by atoms with Gasteiger partial charge < -0.3 is 20.3 Å². The van der Waals surface area contributed by atoms with Crippen LogP contribution in [-0.2, 0) is 19.1 Å². The molecule has 0 bridgehead atoms. The summed E-state index contributed by atoms with van der Waals surface area (Å²) in [5, 5.41) is 20.1. The van der Waals surface area contributed by atoms with Crippen molar-refractivity contribution in [2.75, 3.05) is 19.1 Å². The predicted octanol–water partition coefficient (Wildman–Crippen LogP) is 3.24. The lowest BCUT2D eigenvalue weighted by molar-refractivity contribution is -0.139. The number of carboxylic acids is 1. The van der Waals surface area contributed by atoms with Crippen LogP contribution in [0.2, 0.25) is 5.02 Å². The highest BCUT2D eigenvalue weighted by molar-refractivity contribution is 6.32. The second kappa shape index (κ2) is 9.68. The van der Waals surface area contributed by atoms with E-state index in [0.29, 0.717) is 5.56 Å². The molecule has 0 saturated carbocycles. The van der Waals surface area contributed by atoms with Gasteiger partial charge in [0, 0.05) is 5.02 Å². The third-order valence-corrected chi connectivity index (χ3v) is 5.84. The lowest BCUT2D eigenvalue weighted by Crippen LogP contribution is -2.41. The molecule has 174 valence electrons. The zero-order valence-corrected chi connectivity index (χ0v) is 19.2. The van der Waals surface area contributed by atoms with Crippen LogP contribution in [0.5, 0.6) is 0 Å². The highest BCUT2D eigenvalue weighted by Gasteiger charge is 2.44. The van der Waals surface area contributed by atoms with Gasteiger partial charge in [-0.05, 0) is 30.2 Å². The molecule has 1 atom stereocenters. The van der Waals surface area contributed by atoms with Gasteiger partial charge in [0.1, 0.15) is 11.5 Å². The number of carbonyl (C=O) groups is 3. The van der Waals surface area contributed by atoms with E-state index in [2.05, 4.69) is 0 Å². The summed E-state index contributed by atoms with van der Waals surface area (Å²) in [6.45, 7) is 1.53. The Morgan fingerprint density at radius 1 is 1.09 bits per heavy atom. The molecule has 1 heterocycles. The molecule has 3 N–H and O–H groups in total. The molecule has 34 heavy (non-hydrogen) atoms. The monoisotopic (exact) mass is 481 g/mol. The summed E-state index contributed by atoms with van der Waals surface area (Å²) in [6.07, 6.45) is 0. The number of halogens is 1. The molecule has 0 amide bonds. The Balaban J connectivity index is 2.54. The molecule has 1 aliphatic heterocycles. The highest BCUT2D eigenvalue weighted by Crippen LogP contribution is 2.45. The summed E-state index contributed by atoms with van der Waals surface area (Å²) in [5.41, 5.74) is 6.12. The van der Waals surface area contributed by atoms with Gasteiger partial charge in [0.25, 0.3) is 0 Å². The van der Waals surface area contributed by atoms with Gasteiger partial charge in [-0.15, -0.1) is 0 Å². The number of nitrogens with zero attached hydrogens (tertiary/aromatic N) is 2. The number of nitriles is 1. The summed E-state index contributed by atoms with van der Waals surface area (Å²) in [5.74, 6) is -4.57. The number of nitrogens with two attached hydrogens (primary N) is 1. The Bertz CT molecular complexity index is 1290. The van der Waals surface area contributed by atoms with Gasteiger partial charge in [-0.3, -0.25) is 4.90 Å². The molecule has 0 spiro atoms. The van der Waals surface area contributed by atoms with Gasteiger partial charge in [-0.1, -0.05) is 41.9 Å². The smallest absolute Gasteiger partial charge is 0.355 e. The van der Waals surface area contributed by atoms with Gasteiger partial charge in [-0.2, -0.15) is 5.26 Å². The summed E-state index contributed by atoms with van der Waals surface area (Å²) < 4.78 is 9.91. The van der Waals surface area contributed by atoms with Crippen LogP contribution < -0.4 is 10.6 Å². The number of aromatic carboxylic acids is 1. The summed E-state index contributed by atoms with van der Waals surface area (Å²) >= 11 is 6.27. The largest absolute Gasteiger partial charge is 0.478 e. The van der Waals surface area contributed by atoms with E-state index in [1.54, 1.807) is 30.3 Å². The SMILES string of the molecule is COC(=O)C1=C(C(=O)OC)N(c2c(C(=O)O)ccc(Cl)c2C)C(N)=C(C#N)C1c1ccccc1. The lowest BCUT2D eigenvalue weighted by Gasteiger charge is -2.37. The third-order valence-electron chi connectivity index (χ3n) is 5.43. The van der Waals surface area contributed by atoms with Crippen molar-refractivity contribution < 1.29 is 29.0 Å². The molecule has 0 aliphatic carbocycles. The van der Waals surface area contributed by atoms with Crippen LogP contribution in [0, 0.1) is 18.3 Å². The summed E-state index contributed by atoms with van der Waals surface area (Å²) in [6, 6.07) is 13.1. The average Bonchev–Trinajstić information content (AvgIpc) is 2.84. The number of esters is 2. The molecule has 2 aromatic rings. The maximum absolute atomic E-state index is 13.1. The maximum Gasteiger partial charge on any atom is 0.355 e. The van der Waals surface area contributed by atoms with Crippen LogP contribution >= 0.6 is 11.6 Å². The quantitative estimate of drug-likeness (QED) is 0.615. The number of anilines is 1. The van der Waals surface area contributed by atoms with Crippen molar-refractivity contribution in [1.29, 1.82) is 5.26 Å². The fourth-order valence-electron chi connectivity index (χ4n) is 3.88. The minimum absolute atomic E-state index is 0.0847. The van der Waals surface area contributed by atoms with Crippen LogP contribution in [0.25, 0.3) is 0 Å². The van der Waals surface area contributed by atoms with Crippen molar-refractivity contribution >= 4 is 35.2 Å². The summed E-state index contributed by atoms with van der Waals surface area (Å²) in [4.78, 5) is 39.3. The van der Waals surface area contributed by atoms with E-state index in [0.717, 1.165) is 19.1 Å². The first kappa shape index (κ1) is 24.4. The van der Waals surface area contributed by atoms with Crippen molar-refractivity contribution in [2.24, 2.45) is 5.73 Å². The minimum Gasteiger partial charge on any atom is -0.478 e. The fourth-order valence-corrected chi connectivity index (χ4v) is 4.03. The van der Waals surface area contributed by atoms with Crippen molar-refractivity contribution in [1.82, 2.24) is 0 Å². The second-order valence-corrected chi connectivity index (χ2v) is 7.62. The molecule has 9 nitrogen and oxygen atoms in total. The lowest BCUT2D eigenvalue weighted by atomic mass is 9.80. The first-order valence-corrected chi connectivity index (χ1v) is 10.2. The van der Waals surface area contributed by atoms with Crippen LogP contribution in [0.3, 0.4) is 0 Å². The number of hydrogen-bond acceptors (Lipinski definition) is 8. The molecule has 0 fully saturated rings. The van der Waals surface area contributed by atoms with Crippen LogP contribution in [0.4, 0.5) is 5.69 Å². The number of ether oxygens (including phenoxy) is 2. The minimum atomic E-state index is -1.34. The molecule has 1 unspecified atom stereocenters. The van der Waals surface area contributed by atoms with E-state index >= 15 is 0 Å². The Morgan fingerprint density at radius 2 is 1.71 bits per heavy atom. The first-order chi connectivity index (χ1) is 16.2. The van der Waals surface area contributed by atoms with Crippen molar-refractivity contribution in [3.8, 4) is 6.07 Å². The molecule has 0 aromatic heterocycles. The van der Waals surface area contributed by atoms with Gasteiger partial charge in [0.15, 0.2) is 0 Å². The first-order valence-electron chi connectivity index (χ1n) is 9.87. The Kier molecular flexibility index (Phi) is 6.94. The van der Waals surface area contributed by atoms with Crippen LogP contribution in [0.15, 0.2) is 65.1 Å². The molecular formula is C24H20ClN3O6. The molecule has 10 heteroatoms. The van der Waals surface area contributed by atoms with Crippen LogP contribution in [0.1, 0.15) is 27.4 Å². The van der Waals surface area contributed by atoms with Gasteiger partial charge >= 0.3 is 17.9 Å². The standard InChI is InChI=1S/C24H20ClN3O6/c1-12-16(25)10-9-14(22(29)30)19(12)28-20(24(32)34-3)18(23(31)33-2)17(15(11-26)21(28)27)13-7-5-4-6-8-13/h4-10,17H,27H2,1-3H3,(H,29,30). The Morgan fingerprint density at radius 3 is 2.24 bits per heavy atom. The van der Waals surface area contributed by atoms with Crippen molar-refractivity contribution in [2.45, 2.75) is 12.8 Å². The number of methoxy groups -OCH3 is 2. The normalized spacial score (nSPS) is 15.6. The van der Waals surface area contributed by atoms with Gasteiger partial charge in [0.2, 0.25) is 0 Å². The van der Waals surface area contributed by atoms with E-state index in [1.807, 2.05) is 6.07 Å². The molecule has 0 saturated heterocycles. The molecule has 1 aliphatic rings. The number of hydrogen-bond donors (Lipinski definition) is 2. The number of carboxylic acid groups (broad SMARTS) is 1. The van der Waals surface area contributed by atoms with Gasteiger partial charge in [0.05, 0.1) is 48.6 Å². The van der Waals surface area contributed by atoms with E-state index in [1.165, 1.54) is 19.1 Å². The Hall–Kier alpha value is -4.29. The highest BCUT2D eigenvalue weighted by atomic mass is 35.5. The maximum atomic E-state index is 13.1. The molecule has 2 aromatic carbocycles. The predicted molar refractivity (Wildman–Crippen MR) is 123 cm³/mol.